The number of hydrogen-bond donors (Lipinski definition) is 3. The fourth-order valence-electron chi connectivity index (χ4n) is 4.61. The largest absolute Gasteiger partial charge is 0.384 e. The number of aromatic amines is 1. The SMILES string of the molecule is Cn1nc(C2CC3CC(O)(c4cnc[nH]4)CC3C2)c(C=O)c1N. The molecule has 2 fully saturated rings. The molecule has 2 aromatic rings. The molecule has 2 unspecified atom stereocenters. The first kappa shape index (κ1) is 14.4. The van der Waals surface area contributed by atoms with Crippen molar-refractivity contribution in [2.45, 2.75) is 37.2 Å². The van der Waals surface area contributed by atoms with Crippen LogP contribution in [0.25, 0.3) is 0 Å². The van der Waals surface area contributed by atoms with Gasteiger partial charge in [-0.2, -0.15) is 5.10 Å². The van der Waals surface area contributed by atoms with Gasteiger partial charge in [-0.05, 0) is 37.5 Å². The first-order valence-corrected chi connectivity index (χ1v) is 8.00. The highest BCUT2D eigenvalue weighted by molar-refractivity contribution is 5.83. The number of aldehydes is 1. The zero-order valence-corrected chi connectivity index (χ0v) is 13.1. The third-order valence-electron chi connectivity index (χ3n) is 5.70. The van der Waals surface area contributed by atoms with Crippen molar-refractivity contribution in [3.63, 3.8) is 0 Å². The maximum absolute atomic E-state index is 11.3. The molecule has 2 aliphatic carbocycles. The molecule has 0 amide bonds. The van der Waals surface area contributed by atoms with Crippen LogP contribution < -0.4 is 5.73 Å². The Morgan fingerprint density at radius 2 is 2.13 bits per heavy atom. The fraction of sp³-hybridized carbons (Fsp3) is 0.562. The molecule has 4 rings (SSSR count). The molecule has 2 aliphatic rings. The summed E-state index contributed by atoms with van der Waals surface area (Å²) in [7, 11) is 1.76. The van der Waals surface area contributed by atoms with Crippen molar-refractivity contribution in [2.24, 2.45) is 18.9 Å². The summed E-state index contributed by atoms with van der Waals surface area (Å²) in [5, 5.41) is 15.4. The highest BCUT2D eigenvalue weighted by Gasteiger charge is 2.51. The highest BCUT2D eigenvalue weighted by atomic mass is 16.3. The van der Waals surface area contributed by atoms with E-state index >= 15 is 0 Å². The van der Waals surface area contributed by atoms with E-state index in [-0.39, 0.29) is 5.92 Å². The number of nitrogen functional groups attached to an aromatic ring is 1. The third-order valence-corrected chi connectivity index (χ3v) is 5.70. The van der Waals surface area contributed by atoms with Crippen LogP contribution in [0, 0.1) is 11.8 Å². The second-order valence-corrected chi connectivity index (χ2v) is 7.02. The van der Waals surface area contributed by atoms with Crippen LogP contribution in [0.15, 0.2) is 12.5 Å². The number of carbonyl (C=O) groups is 1. The van der Waals surface area contributed by atoms with E-state index in [1.54, 1.807) is 24.3 Å². The number of aliphatic hydroxyl groups is 1. The molecule has 0 aromatic carbocycles. The standard InChI is InChI=1S/C16H21N5O2/c1-21-15(17)12(7-22)14(20-21)9-2-10-4-16(23,5-11(10)3-9)13-6-18-8-19-13/h6-11,23H,2-5,17H2,1H3,(H,18,19). The molecule has 2 heterocycles. The number of nitrogens with one attached hydrogen (secondary N) is 1. The second-order valence-electron chi connectivity index (χ2n) is 7.02. The smallest absolute Gasteiger partial charge is 0.155 e. The number of nitrogens with zero attached hydrogens (tertiary/aromatic N) is 3. The van der Waals surface area contributed by atoms with Gasteiger partial charge in [-0.15, -0.1) is 0 Å². The van der Waals surface area contributed by atoms with Crippen LogP contribution in [0.2, 0.25) is 0 Å². The van der Waals surface area contributed by atoms with Gasteiger partial charge in [-0.1, -0.05) is 0 Å². The fourth-order valence-corrected chi connectivity index (χ4v) is 4.61. The van der Waals surface area contributed by atoms with E-state index in [0.29, 0.717) is 23.2 Å². The number of hydrogen-bond acceptors (Lipinski definition) is 5. The number of imidazole rings is 1. The average Bonchev–Trinajstić information content (AvgIpc) is 3.23. The number of nitrogens with two attached hydrogens (primary N) is 1. The lowest BCUT2D eigenvalue weighted by Crippen LogP contribution is -2.23. The molecule has 2 aromatic heterocycles. The molecule has 2 atom stereocenters. The van der Waals surface area contributed by atoms with Crippen molar-refractivity contribution in [3.8, 4) is 0 Å². The zero-order chi connectivity index (χ0) is 16.2. The molecule has 4 N–H and O–H groups in total. The summed E-state index contributed by atoms with van der Waals surface area (Å²) in [4.78, 5) is 18.4. The predicted octanol–water partition coefficient (Wildman–Crippen LogP) is 1.33. The molecule has 0 radical (unpaired) electrons. The summed E-state index contributed by atoms with van der Waals surface area (Å²) in [5.74, 6) is 1.56. The number of carbonyl (C=O) groups excluding carboxylic acids is 1. The molecule has 0 aliphatic heterocycles. The lowest BCUT2D eigenvalue weighted by Gasteiger charge is -2.23. The van der Waals surface area contributed by atoms with Crippen molar-refractivity contribution in [3.05, 3.63) is 29.5 Å². The van der Waals surface area contributed by atoms with Crippen molar-refractivity contribution in [2.75, 3.05) is 5.73 Å². The van der Waals surface area contributed by atoms with Gasteiger partial charge in [0.1, 0.15) is 11.4 Å². The number of aromatic nitrogens is 4. The van der Waals surface area contributed by atoms with Crippen molar-refractivity contribution >= 4 is 12.1 Å². The van der Waals surface area contributed by atoms with E-state index in [2.05, 4.69) is 15.1 Å². The van der Waals surface area contributed by atoms with Gasteiger partial charge in [-0.3, -0.25) is 9.48 Å². The van der Waals surface area contributed by atoms with Crippen molar-refractivity contribution in [1.29, 1.82) is 0 Å². The Hall–Kier alpha value is -2.15. The molecule has 23 heavy (non-hydrogen) atoms. The van der Waals surface area contributed by atoms with Crippen LogP contribution in [0.4, 0.5) is 5.82 Å². The summed E-state index contributed by atoms with van der Waals surface area (Å²) in [6, 6.07) is 0. The number of rotatable bonds is 3. The summed E-state index contributed by atoms with van der Waals surface area (Å²) in [5.41, 5.74) is 7.28. The van der Waals surface area contributed by atoms with Crippen LogP contribution >= 0.6 is 0 Å². The first-order valence-electron chi connectivity index (χ1n) is 8.00. The Morgan fingerprint density at radius 1 is 1.43 bits per heavy atom. The minimum absolute atomic E-state index is 0.250. The first-order chi connectivity index (χ1) is 11.0. The summed E-state index contributed by atoms with van der Waals surface area (Å²) < 4.78 is 1.58. The van der Waals surface area contributed by atoms with Gasteiger partial charge in [0.25, 0.3) is 0 Å². The summed E-state index contributed by atoms with van der Waals surface area (Å²) >= 11 is 0. The minimum Gasteiger partial charge on any atom is -0.384 e. The van der Waals surface area contributed by atoms with Crippen LogP contribution in [0.5, 0.6) is 0 Å². The average molecular weight is 315 g/mol. The van der Waals surface area contributed by atoms with Crippen LogP contribution in [0.3, 0.4) is 0 Å². The molecule has 0 saturated heterocycles. The predicted molar refractivity (Wildman–Crippen MR) is 83.7 cm³/mol. The molecule has 2 saturated carbocycles. The Bertz CT molecular complexity index is 722. The van der Waals surface area contributed by atoms with Gasteiger partial charge in [0.15, 0.2) is 6.29 Å². The Labute approximate surface area is 133 Å². The zero-order valence-electron chi connectivity index (χ0n) is 13.1. The third kappa shape index (κ3) is 2.10. The van der Waals surface area contributed by atoms with E-state index in [1.165, 1.54) is 0 Å². The van der Waals surface area contributed by atoms with Gasteiger partial charge in [0.2, 0.25) is 0 Å². The van der Waals surface area contributed by atoms with Crippen LogP contribution in [-0.2, 0) is 12.6 Å². The molecular weight excluding hydrogens is 294 g/mol. The number of aryl methyl sites for hydroxylation is 1. The number of anilines is 1. The van der Waals surface area contributed by atoms with Crippen LogP contribution in [-0.4, -0.2) is 31.1 Å². The van der Waals surface area contributed by atoms with Gasteiger partial charge in [0.05, 0.1) is 29.5 Å². The number of H-pyrrole nitrogens is 1. The maximum Gasteiger partial charge on any atom is 0.155 e. The van der Waals surface area contributed by atoms with E-state index in [4.69, 9.17) is 5.73 Å². The van der Waals surface area contributed by atoms with E-state index < -0.39 is 5.60 Å². The van der Waals surface area contributed by atoms with Crippen molar-refractivity contribution in [1.82, 2.24) is 19.7 Å². The van der Waals surface area contributed by atoms with Gasteiger partial charge in [0, 0.05) is 13.0 Å². The minimum atomic E-state index is -0.798. The van der Waals surface area contributed by atoms with E-state index in [1.807, 2.05) is 0 Å². The lowest BCUT2D eigenvalue weighted by atomic mass is 9.90. The highest BCUT2D eigenvalue weighted by Crippen LogP contribution is 2.56. The van der Waals surface area contributed by atoms with Gasteiger partial charge >= 0.3 is 0 Å². The molecular formula is C16H21N5O2. The van der Waals surface area contributed by atoms with E-state index in [9.17, 15) is 9.90 Å². The quantitative estimate of drug-likeness (QED) is 0.740. The second kappa shape index (κ2) is 4.92. The van der Waals surface area contributed by atoms with E-state index in [0.717, 1.165) is 43.4 Å². The molecule has 7 nitrogen and oxygen atoms in total. The normalized spacial score (nSPS) is 33.0. The van der Waals surface area contributed by atoms with Crippen molar-refractivity contribution < 1.29 is 9.90 Å². The van der Waals surface area contributed by atoms with Crippen LogP contribution in [0.1, 0.15) is 53.3 Å². The van der Waals surface area contributed by atoms with Gasteiger partial charge < -0.3 is 15.8 Å². The summed E-state index contributed by atoms with van der Waals surface area (Å²) in [6.45, 7) is 0. The molecule has 122 valence electrons. The molecule has 0 spiro atoms. The molecule has 0 bridgehead atoms. The Kier molecular flexibility index (Phi) is 3.09. The molecule has 7 heteroatoms. The lowest BCUT2D eigenvalue weighted by molar-refractivity contribution is 0.0305. The Morgan fingerprint density at radius 3 is 2.70 bits per heavy atom. The summed E-state index contributed by atoms with van der Waals surface area (Å²) in [6.07, 6.45) is 7.48. The Balaban J connectivity index is 1.55. The maximum atomic E-state index is 11.3. The van der Waals surface area contributed by atoms with Gasteiger partial charge in [-0.25, -0.2) is 4.98 Å². The topological polar surface area (TPSA) is 110 Å². The number of fused-ring (bicyclic) bond motifs is 1. The monoisotopic (exact) mass is 315 g/mol.